The molecule has 0 saturated carbocycles. The monoisotopic (exact) mass is 352 g/mol. The van der Waals surface area contributed by atoms with Crippen molar-refractivity contribution >= 4 is 58.0 Å². The number of carbonyl (C=O) groups excluding carboxylic acids is 1. The molecular weight excluding hydrogens is 349 g/mol. The lowest BCUT2D eigenvalue weighted by atomic mass is 10.2. The second kappa shape index (κ2) is 6.14. The molecule has 2 aromatic rings. The second-order valence-electron chi connectivity index (χ2n) is 3.66. The van der Waals surface area contributed by atoms with Crippen LogP contribution in [0.25, 0.3) is 0 Å². The Balaban J connectivity index is 2.35. The lowest BCUT2D eigenvalue weighted by Gasteiger charge is -2.10. The number of carbonyl (C=O) groups is 1. The predicted molar refractivity (Wildman–Crippen MR) is 78.6 cm³/mol. The summed E-state index contributed by atoms with van der Waals surface area (Å²) in [6, 6.07) is 4.92. The van der Waals surface area contributed by atoms with Crippen molar-refractivity contribution in [3.63, 3.8) is 0 Å². The van der Waals surface area contributed by atoms with Crippen molar-refractivity contribution < 1.29 is 9.18 Å². The maximum absolute atomic E-state index is 13.1. The van der Waals surface area contributed by atoms with Gasteiger partial charge in [0.2, 0.25) is 0 Å². The van der Waals surface area contributed by atoms with Crippen molar-refractivity contribution in [1.82, 2.24) is 4.98 Å². The van der Waals surface area contributed by atoms with E-state index in [9.17, 15) is 9.18 Å². The van der Waals surface area contributed by atoms with Crippen LogP contribution in [-0.2, 0) is 0 Å². The van der Waals surface area contributed by atoms with Crippen molar-refractivity contribution in [1.29, 1.82) is 0 Å². The van der Waals surface area contributed by atoms with Crippen molar-refractivity contribution in [2.24, 2.45) is 0 Å². The first-order valence-electron chi connectivity index (χ1n) is 5.16. The number of hydrogen-bond donors (Lipinski definition) is 1. The minimum Gasteiger partial charge on any atom is -0.318 e. The number of amides is 1. The van der Waals surface area contributed by atoms with Crippen LogP contribution < -0.4 is 5.32 Å². The van der Waals surface area contributed by atoms with Crippen molar-refractivity contribution in [3.05, 3.63) is 56.0 Å². The molecule has 1 N–H and O–H groups in total. The molecule has 20 heavy (non-hydrogen) atoms. The maximum Gasteiger partial charge on any atom is 0.275 e. The summed E-state index contributed by atoms with van der Waals surface area (Å²) < 4.78 is 13.1. The lowest BCUT2D eigenvalue weighted by molar-refractivity contribution is 0.102. The number of nitrogens with zero attached hydrogens (tertiary/aromatic N) is 1. The topological polar surface area (TPSA) is 42.0 Å². The molecule has 2 rings (SSSR count). The van der Waals surface area contributed by atoms with Crippen LogP contribution in [0, 0.1) is 5.82 Å². The number of rotatable bonds is 2. The van der Waals surface area contributed by atoms with E-state index in [1.54, 1.807) is 0 Å². The summed E-state index contributed by atoms with van der Waals surface area (Å²) in [6.07, 6.45) is 0. The highest BCUT2D eigenvalue weighted by Crippen LogP contribution is 2.32. The van der Waals surface area contributed by atoms with Gasteiger partial charge in [-0.25, -0.2) is 9.37 Å². The van der Waals surface area contributed by atoms with E-state index in [2.05, 4.69) is 10.3 Å². The highest BCUT2D eigenvalue weighted by molar-refractivity contribution is 6.40. The summed E-state index contributed by atoms with van der Waals surface area (Å²) in [4.78, 5) is 15.9. The molecule has 0 spiro atoms. The fourth-order valence-corrected chi connectivity index (χ4v) is 2.31. The third kappa shape index (κ3) is 3.33. The molecule has 1 heterocycles. The first-order chi connectivity index (χ1) is 9.38. The van der Waals surface area contributed by atoms with Gasteiger partial charge in [-0.3, -0.25) is 4.79 Å². The van der Waals surface area contributed by atoms with Crippen LogP contribution in [0.15, 0.2) is 24.3 Å². The zero-order valence-electron chi connectivity index (χ0n) is 9.55. The molecule has 1 aromatic heterocycles. The Morgan fingerprint density at radius 2 is 1.65 bits per heavy atom. The van der Waals surface area contributed by atoms with Gasteiger partial charge < -0.3 is 5.32 Å². The lowest BCUT2D eigenvalue weighted by Crippen LogP contribution is -2.15. The Morgan fingerprint density at radius 1 is 1.05 bits per heavy atom. The quantitative estimate of drug-likeness (QED) is 0.764. The Hall–Kier alpha value is -1.07. The number of aromatic nitrogens is 1. The summed E-state index contributed by atoms with van der Waals surface area (Å²) in [5.41, 5.74) is -0.0202. The van der Waals surface area contributed by atoms with Gasteiger partial charge in [0, 0.05) is 0 Å². The van der Waals surface area contributed by atoms with Gasteiger partial charge in [0.05, 0.1) is 20.8 Å². The van der Waals surface area contributed by atoms with Gasteiger partial charge in [0.1, 0.15) is 16.7 Å². The van der Waals surface area contributed by atoms with Gasteiger partial charge in [0.15, 0.2) is 0 Å². The van der Waals surface area contributed by atoms with E-state index in [0.717, 1.165) is 12.1 Å². The minimum atomic E-state index is -0.659. The van der Waals surface area contributed by atoms with Crippen molar-refractivity contribution in [3.8, 4) is 0 Å². The molecular formula is C12H5Cl4FN2O. The fraction of sp³-hybridized carbons (Fsp3) is 0. The third-order valence-electron chi connectivity index (χ3n) is 2.27. The molecule has 0 atom stereocenters. The van der Waals surface area contributed by atoms with Crippen LogP contribution in [0.4, 0.5) is 10.1 Å². The van der Waals surface area contributed by atoms with Gasteiger partial charge >= 0.3 is 0 Å². The van der Waals surface area contributed by atoms with Crippen LogP contribution in [0.2, 0.25) is 20.2 Å². The SMILES string of the molecule is O=C(Nc1c(Cl)cc(F)cc1Cl)c1nc(Cl)ccc1Cl. The zero-order chi connectivity index (χ0) is 14.9. The van der Waals surface area contributed by atoms with Crippen molar-refractivity contribution in [2.45, 2.75) is 0 Å². The standard InChI is InChI=1S/C12H5Cl4FN2O/c13-6-1-2-9(16)18-11(6)12(20)19-10-7(14)3-5(17)4-8(10)15/h1-4H,(H,19,20). The Bertz CT molecular complexity index is 670. The van der Waals surface area contributed by atoms with Crippen LogP contribution in [-0.4, -0.2) is 10.9 Å². The second-order valence-corrected chi connectivity index (χ2v) is 5.27. The summed E-state index contributed by atoms with van der Waals surface area (Å²) in [6.45, 7) is 0. The van der Waals surface area contributed by atoms with Gasteiger partial charge in [-0.2, -0.15) is 0 Å². The van der Waals surface area contributed by atoms with E-state index in [1.807, 2.05) is 0 Å². The summed E-state index contributed by atoms with van der Waals surface area (Å²) in [5.74, 6) is -1.27. The molecule has 0 saturated heterocycles. The number of nitrogens with one attached hydrogen (secondary N) is 1. The fourth-order valence-electron chi connectivity index (χ4n) is 1.41. The molecule has 8 heteroatoms. The van der Waals surface area contributed by atoms with E-state index >= 15 is 0 Å². The number of pyridine rings is 1. The molecule has 0 bridgehead atoms. The molecule has 0 aliphatic rings. The van der Waals surface area contributed by atoms with Crippen LogP contribution in [0.1, 0.15) is 10.5 Å². The predicted octanol–water partition coefficient (Wildman–Crippen LogP) is 5.09. The number of anilines is 1. The molecule has 0 unspecified atom stereocenters. The van der Waals surface area contributed by atoms with Crippen molar-refractivity contribution in [2.75, 3.05) is 5.32 Å². The summed E-state index contributed by atoms with van der Waals surface area (Å²) in [7, 11) is 0. The number of hydrogen-bond acceptors (Lipinski definition) is 2. The average Bonchev–Trinajstić information content (AvgIpc) is 2.36. The minimum absolute atomic E-state index is 0.0403. The normalized spacial score (nSPS) is 10.4. The summed E-state index contributed by atoms with van der Waals surface area (Å²) in [5, 5.41) is 2.55. The largest absolute Gasteiger partial charge is 0.318 e. The first-order valence-corrected chi connectivity index (χ1v) is 6.67. The van der Waals surface area contributed by atoms with Crippen LogP contribution in [0.5, 0.6) is 0 Å². The third-order valence-corrected chi connectivity index (χ3v) is 3.38. The molecule has 104 valence electrons. The van der Waals surface area contributed by atoms with Gasteiger partial charge in [-0.15, -0.1) is 0 Å². The Morgan fingerprint density at radius 3 is 2.25 bits per heavy atom. The summed E-state index contributed by atoms with van der Waals surface area (Å²) >= 11 is 23.2. The molecule has 0 aliphatic heterocycles. The van der Waals surface area contributed by atoms with Gasteiger partial charge in [0.25, 0.3) is 5.91 Å². The van der Waals surface area contributed by atoms with Crippen LogP contribution in [0.3, 0.4) is 0 Å². The molecule has 3 nitrogen and oxygen atoms in total. The maximum atomic E-state index is 13.1. The molecule has 0 fully saturated rings. The Labute approximate surface area is 133 Å². The molecule has 0 aliphatic carbocycles. The van der Waals surface area contributed by atoms with E-state index in [0.29, 0.717) is 0 Å². The highest BCUT2D eigenvalue weighted by Gasteiger charge is 2.17. The van der Waals surface area contributed by atoms with E-state index < -0.39 is 11.7 Å². The number of benzene rings is 1. The first kappa shape index (κ1) is 15.3. The van der Waals surface area contributed by atoms with Crippen LogP contribution >= 0.6 is 46.4 Å². The van der Waals surface area contributed by atoms with Gasteiger partial charge in [-0.1, -0.05) is 46.4 Å². The molecule has 1 aromatic carbocycles. The smallest absolute Gasteiger partial charge is 0.275 e. The zero-order valence-corrected chi connectivity index (χ0v) is 12.6. The van der Waals surface area contributed by atoms with E-state index in [-0.39, 0.29) is 31.6 Å². The number of halogens is 5. The van der Waals surface area contributed by atoms with Gasteiger partial charge in [-0.05, 0) is 24.3 Å². The molecule has 1 amide bonds. The Kier molecular flexibility index (Phi) is 4.70. The molecule has 0 radical (unpaired) electrons. The average molecular weight is 354 g/mol. The van der Waals surface area contributed by atoms with E-state index in [1.165, 1.54) is 12.1 Å². The highest BCUT2D eigenvalue weighted by atomic mass is 35.5. The van der Waals surface area contributed by atoms with E-state index in [4.69, 9.17) is 46.4 Å².